The summed E-state index contributed by atoms with van der Waals surface area (Å²) in [5.74, 6) is 0. The van der Waals surface area contributed by atoms with Crippen molar-refractivity contribution in [1.29, 1.82) is 0 Å². The van der Waals surface area contributed by atoms with Crippen LogP contribution in [-0.2, 0) is 16.2 Å². The number of thiophene rings is 1. The summed E-state index contributed by atoms with van der Waals surface area (Å²) in [5, 5.41) is 6.37. The predicted octanol–water partition coefficient (Wildman–Crippen LogP) is 15.2. The van der Waals surface area contributed by atoms with Gasteiger partial charge in [-0.05, 0) is 131 Å². The number of fused-ring (bicyclic) bond motifs is 15. The summed E-state index contributed by atoms with van der Waals surface area (Å²) in [7, 11) is 0. The number of aryl methyl sites for hydroxylation is 1. The average molecular weight is 890 g/mol. The summed E-state index contributed by atoms with van der Waals surface area (Å²) in [4.78, 5) is 6.69. The molecule has 0 saturated heterocycles. The summed E-state index contributed by atoms with van der Waals surface area (Å²) >= 11 is 1.93. The molecular formula is C61H56BN3OS. The monoisotopic (exact) mass is 889 g/mol. The summed E-state index contributed by atoms with van der Waals surface area (Å²) in [6.07, 6.45) is 4.83. The number of rotatable bonds is 2. The van der Waals surface area contributed by atoms with E-state index in [2.05, 4.69) is 204 Å². The highest BCUT2D eigenvalue weighted by molar-refractivity contribution is 7.26. The Morgan fingerprint density at radius 3 is 2.18 bits per heavy atom. The standard InChI is InChI=1S/C61H56BN3OS/c1-35-29-49-54-50(30-35)64-55-42(53-41-18-11-13-22-52(41)67-57(53)64)31-37(59(5,6)7)33-45(55)62(54)44-25-24-38(34-48(44)63(49)47-20-16-19-40-39-17-10-12-21-51(39)66-56(40)47)65-46-26-23-36(58(2,3)4)32-43(46)60(8)27-14-15-28-61(60,65)9/h10-13,16-26,29-34H,14-15,27-28H2,1-9H3. The zero-order valence-electron chi connectivity index (χ0n) is 40.2. The van der Waals surface area contributed by atoms with E-state index in [1.54, 1.807) is 0 Å². The fraction of sp³-hybridized carbons (Fsp3) is 0.279. The molecule has 330 valence electrons. The van der Waals surface area contributed by atoms with E-state index in [1.165, 1.54) is 118 Å². The van der Waals surface area contributed by atoms with E-state index >= 15 is 0 Å². The van der Waals surface area contributed by atoms with Crippen molar-refractivity contribution < 1.29 is 4.42 Å². The number of anilines is 5. The molecule has 4 aliphatic rings. The maximum absolute atomic E-state index is 6.99. The van der Waals surface area contributed by atoms with Crippen LogP contribution in [0.1, 0.15) is 103 Å². The first kappa shape index (κ1) is 39.9. The molecule has 3 aliphatic heterocycles. The molecular weight excluding hydrogens is 834 g/mol. The van der Waals surface area contributed by atoms with E-state index in [1.807, 2.05) is 11.3 Å². The van der Waals surface area contributed by atoms with Gasteiger partial charge in [-0.2, -0.15) is 0 Å². The average Bonchev–Trinajstić information content (AvgIpc) is 4.02. The van der Waals surface area contributed by atoms with Gasteiger partial charge in [0.1, 0.15) is 10.4 Å². The third-order valence-electron chi connectivity index (χ3n) is 17.1. The van der Waals surface area contributed by atoms with Crippen molar-refractivity contribution in [3.05, 3.63) is 150 Å². The topological polar surface area (TPSA) is 24.6 Å². The number of hydrogen-bond donors (Lipinski definition) is 0. The van der Waals surface area contributed by atoms with Crippen LogP contribution in [0, 0.1) is 6.92 Å². The maximum atomic E-state index is 6.99. The van der Waals surface area contributed by atoms with Gasteiger partial charge in [0, 0.05) is 65.5 Å². The smallest absolute Gasteiger partial charge is 0.252 e. The minimum atomic E-state index is -0.0916. The lowest BCUT2D eigenvalue weighted by molar-refractivity contribution is 0.195. The van der Waals surface area contributed by atoms with Gasteiger partial charge < -0.3 is 18.8 Å². The lowest BCUT2D eigenvalue weighted by Crippen LogP contribution is -2.60. The molecule has 6 heteroatoms. The number of hydrogen-bond acceptors (Lipinski definition) is 4. The Hall–Kier alpha value is -6.24. The molecule has 67 heavy (non-hydrogen) atoms. The second-order valence-corrected chi connectivity index (χ2v) is 24.0. The van der Waals surface area contributed by atoms with Gasteiger partial charge >= 0.3 is 0 Å². The SMILES string of the molecule is Cc1cc2c3c(c1)-n1c4sc5ccccc5c4c4cc(C(C)(C)C)cc(c41)B3c1ccc(N3c4ccc(C(C)(C)C)cc4C4(C)CCCCC34C)cc1N2c1cccc2c1oc1ccccc12. The van der Waals surface area contributed by atoms with Crippen molar-refractivity contribution in [2.45, 2.75) is 110 Å². The van der Waals surface area contributed by atoms with E-state index in [-0.39, 0.29) is 28.5 Å². The Balaban J connectivity index is 1.10. The molecule has 10 aromatic rings. The molecule has 3 aromatic heterocycles. The van der Waals surface area contributed by atoms with E-state index in [0.717, 1.165) is 34.0 Å². The van der Waals surface area contributed by atoms with Gasteiger partial charge in [-0.3, -0.25) is 0 Å². The first-order valence-electron chi connectivity index (χ1n) is 24.6. The van der Waals surface area contributed by atoms with Crippen molar-refractivity contribution >= 4 is 116 Å². The van der Waals surface area contributed by atoms with Crippen LogP contribution in [0.2, 0.25) is 0 Å². The molecule has 1 fully saturated rings. The molecule has 0 bridgehead atoms. The molecule has 0 N–H and O–H groups in total. The third-order valence-corrected chi connectivity index (χ3v) is 18.2. The van der Waals surface area contributed by atoms with Gasteiger partial charge in [0.2, 0.25) is 0 Å². The number of furan rings is 1. The number of aromatic nitrogens is 1. The highest BCUT2D eigenvalue weighted by Gasteiger charge is 2.58. The summed E-state index contributed by atoms with van der Waals surface area (Å²) in [6.45, 7) is 21.6. The van der Waals surface area contributed by atoms with E-state index in [0.29, 0.717) is 0 Å². The molecule has 0 spiro atoms. The maximum Gasteiger partial charge on any atom is 0.252 e. The van der Waals surface area contributed by atoms with Gasteiger partial charge in [-0.15, -0.1) is 11.3 Å². The Morgan fingerprint density at radius 2 is 1.36 bits per heavy atom. The van der Waals surface area contributed by atoms with Crippen molar-refractivity contribution in [3.8, 4) is 5.69 Å². The zero-order chi connectivity index (χ0) is 45.7. The molecule has 14 rings (SSSR count). The summed E-state index contributed by atoms with van der Waals surface area (Å²) in [5.41, 5.74) is 20.2. The Kier molecular flexibility index (Phi) is 7.77. The summed E-state index contributed by atoms with van der Waals surface area (Å²) < 4.78 is 11.0. The van der Waals surface area contributed by atoms with Crippen LogP contribution >= 0.6 is 11.3 Å². The largest absolute Gasteiger partial charge is 0.454 e. The van der Waals surface area contributed by atoms with Gasteiger partial charge in [-0.25, -0.2) is 0 Å². The quantitative estimate of drug-likeness (QED) is 0.162. The van der Waals surface area contributed by atoms with Crippen LogP contribution in [0.3, 0.4) is 0 Å². The third kappa shape index (κ3) is 5.10. The number of para-hydroxylation sites is 2. The molecule has 1 aliphatic carbocycles. The highest BCUT2D eigenvalue weighted by atomic mass is 32.1. The van der Waals surface area contributed by atoms with E-state index in [4.69, 9.17) is 4.42 Å². The van der Waals surface area contributed by atoms with E-state index in [9.17, 15) is 0 Å². The lowest BCUT2D eigenvalue weighted by atomic mass is 9.33. The van der Waals surface area contributed by atoms with Gasteiger partial charge in [0.25, 0.3) is 6.71 Å². The number of nitrogens with zero attached hydrogens (tertiary/aromatic N) is 3. The minimum Gasteiger partial charge on any atom is -0.454 e. The van der Waals surface area contributed by atoms with Crippen molar-refractivity contribution in [2.75, 3.05) is 9.80 Å². The normalized spacial score (nSPS) is 19.8. The second-order valence-electron chi connectivity index (χ2n) is 22.9. The molecule has 2 unspecified atom stereocenters. The van der Waals surface area contributed by atoms with Gasteiger partial charge in [0.15, 0.2) is 5.58 Å². The molecule has 0 radical (unpaired) electrons. The van der Waals surface area contributed by atoms with Crippen LogP contribution in [0.25, 0.3) is 58.8 Å². The van der Waals surface area contributed by atoms with Crippen LogP contribution in [0.15, 0.2) is 132 Å². The summed E-state index contributed by atoms with van der Waals surface area (Å²) in [6, 6.07) is 49.4. The fourth-order valence-electron chi connectivity index (χ4n) is 13.4. The zero-order valence-corrected chi connectivity index (χ0v) is 41.0. The van der Waals surface area contributed by atoms with Crippen LogP contribution in [0.4, 0.5) is 28.4 Å². The second kappa shape index (κ2) is 13.0. The first-order chi connectivity index (χ1) is 32.1. The van der Waals surface area contributed by atoms with Crippen molar-refractivity contribution in [3.63, 3.8) is 0 Å². The van der Waals surface area contributed by atoms with Gasteiger partial charge in [0.05, 0.1) is 16.7 Å². The highest BCUT2D eigenvalue weighted by Crippen LogP contribution is 2.62. The predicted molar refractivity (Wildman–Crippen MR) is 288 cm³/mol. The van der Waals surface area contributed by atoms with Crippen molar-refractivity contribution in [1.82, 2.24) is 4.57 Å². The molecule has 4 nitrogen and oxygen atoms in total. The number of benzene rings is 7. The van der Waals surface area contributed by atoms with Crippen LogP contribution in [0.5, 0.6) is 0 Å². The molecule has 2 atom stereocenters. The molecule has 1 saturated carbocycles. The minimum absolute atomic E-state index is 0.0146. The first-order valence-corrected chi connectivity index (χ1v) is 25.4. The Bertz CT molecular complexity index is 3820. The Labute approximate surface area is 397 Å². The Morgan fingerprint density at radius 1 is 0.612 bits per heavy atom. The fourth-order valence-corrected chi connectivity index (χ4v) is 14.7. The van der Waals surface area contributed by atoms with Crippen molar-refractivity contribution in [2.24, 2.45) is 0 Å². The van der Waals surface area contributed by atoms with E-state index < -0.39 is 0 Å². The van der Waals surface area contributed by atoms with Gasteiger partial charge in [-0.1, -0.05) is 134 Å². The molecule has 7 aromatic carbocycles. The van der Waals surface area contributed by atoms with Crippen LogP contribution in [-0.4, -0.2) is 16.8 Å². The van der Waals surface area contributed by atoms with Crippen LogP contribution < -0.4 is 26.2 Å². The molecule has 0 amide bonds. The molecule has 6 heterocycles. The lowest BCUT2D eigenvalue weighted by Gasteiger charge is -2.50.